The summed E-state index contributed by atoms with van der Waals surface area (Å²) in [7, 11) is 0. The molecule has 0 bridgehead atoms. The van der Waals surface area contributed by atoms with Gasteiger partial charge in [-0.05, 0) is 0 Å². The highest BCUT2D eigenvalue weighted by Gasteiger charge is 2.24. The molecule has 0 spiro atoms. The zero-order valence-electron chi connectivity index (χ0n) is 9.19. The average Bonchev–Trinajstić information content (AvgIpc) is 2.36. The summed E-state index contributed by atoms with van der Waals surface area (Å²) in [4.78, 5) is 21.1. The van der Waals surface area contributed by atoms with Gasteiger partial charge >= 0.3 is 6.16 Å². The minimum absolute atomic E-state index is 0.0746. The molecule has 9 heteroatoms. The van der Waals surface area contributed by atoms with Crippen molar-refractivity contribution in [3.05, 3.63) is 43.9 Å². The van der Waals surface area contributed by atoms with E-state index in [0.29, 0.717) is 0 Å². The Bertz CT molecular complexity index is 546. The summed E-state index contributed by atoms with van der Waals surface area (Å²) < 4.78 is 9.26. The van der Waals surface area contributed by atoms with Crippen LogP contribution in [0.25, 0.3) is 0 Å². The maximum Gasteiger partial charge on any atom is 0.514 e. The quantitative estimate of drug-likeness (QED) is 0.206. The SMILES string of the molecule is C=CCOC(=O)Oc1c(Cl)cc([N+](=O)[O-])c(Cl)c1Cl. The summed E-state index contributed by atoms with van der Waals surface area (Å²) in [5.74, 6) is -0.312. The van der Waals surface area contributed by atoms with Crippen LogP contribution in [0.5, 0.6) is 5.75 Å². The van der Waals surface area contributed by atoms with E-state index in [-0.39, 0.29) is 27.4 Å². The van der Waals surface area contributed by atoms with Gasteiger partial charge in [-0.15, -0.1) is 0 Å². The lowest BCUT2D eigenvalue weighted by molar-refractivity contribution is -0.384. The fourth-order valence-electron chi connectivity index (χ4n) is 1.03. The fraction of sp³-hybridized carbons (Fsp3) is 0.100. The zero-order valence-corrected chi connectivity index (χ0v) is 11.5. The van der Waals surface area contributed by atoms with Crippen LogP contribution in [0, 0.1) is 10.1 Å². The monoisotopic (exact) mass is 325 g/mol. The molecule has 6 nitrogen and oxygen atoms in total. The van der Waals surface area contributed by atoms with Gasteiger partial charge in [0, 0.05) is 6.07 Å². The molecular formula is C10H6Cl3NO5. The second-order valence-corrected chi connectivity index (χ2v) is 4.21. The molecule has 0 heterocycles. The first-order valence-electron chi connectivity index (χ1n) is 4.65. The fourth-order valence-corrected chi connectivity index (χ4v) is 1.76. The highest BCUT2D eigenvalue weighted by atomic mass is 35.5. The number of nitro benzene ring substituents is 1. The van der Waals surface area contributed by atoms with E-state index in [9.17, 15) is 14.9 Å². The van der Waals surface area contributed by atoms with Crippen LogP contribution in [-0.4, -0.2) is 17.7 Å². The number of nitrogens with zero attached hydrogens (tertiary/aromatic N) is 1. The maximum atomic E-state index is 11.2. The molecule has 0 aliphatic rings. The van der Waals surface area contributed by atoms with E-state index in [1.54, 1.807) is 0 Å². The molecule has 0 fully saturated rings. The smallest absolute Gasteiger partial charge is 0.430 e. The van der Waals surface area contributed by atoms with Crippen molar-refractivity contribution in [2.45, 2.75) is 0 Å². The minimum atomic E-state index is -1.09. The van der Waals surface area contributed by atoms with E-state index >= 15 is 0 Å². The molecule has 0 aromatic heterocycles. The Morgan fingerprint density at radius 2 is 2.05 bits per heavy atom. The summed E-state index contributed by atoms with van der Waals surface area (Å²) in [5.41, 5.74) is -0.497. The highest BCUT2D eigenvalue weighted by Crippen LogP contribution is 2.43. The topological polar surface area (TPSA) is 78.7 Å². The van der Waals surface area contributed by atoms with Crippen molar-refractivity contribution in [3.8, 4) is 5.75 Å². The van der Waals surface area contributed by atoms with Crippen LogP contribution in [0.4, 0.5) is 10.5 Å². The number of halogens is 3. The first-order chi connectivity index (χ1) is 8.88. The molecule has 0 radical (unpaired) electrons. The lowest BCUT2D eigenvalue weighted by atomic mass is 10.3. The van der Waals surface area contributed by atoms with Crippen LogP contribution in [0.2, 0.25) is 15.1 Å². The first-order valence-corrected chi connectivity index (χ1v) is 5.79. The second-order valence-electron chi connectivity index (χ2n) is 3.04. The van der Waals surface area contributed by atoms with Crippen molar-refractivity contribution in [2.24, 2.45) is 0 Å². The molecule has 102 valence electrons. The van der Waals surface area contributed by atoms with E-state index in [2.05, 4.69) is 11.3 Å². The third-order valence-corrected chi connectivity index (χ3v) is 2.92. The van der Waals surface area contributed by atoms with E-state index in [1.807, 2.05) is 0 Å². The van der Waals surface area contributed by atoms with E-state index in [1.165, 1.54) is 6.08 Å². The molecule has 0 aliphatic heterocycles. The third-order valence-electron chi connectivity index (χ3n) is 1.80. The van der Waals surface area contributed by atoms with Gasteiger partial charge in [-0.2, -0.15) is 0 Å². The van der Waals surface area contributed by atoms with Gasteiger partial charge in [-0.3, -0.25) is 10.1 Å². The summed E-state index contributed by atoms with van der Waals surface area (Å²) >= 11 is 17.2. The molecular weight excluding hydrogens is 320 g/mol. The lowest BCUT2D eigenvalue weighted by Crippen LogP contribution is -2.11. The molecule has 1 aromatic carbocycles. The van der Waals surface area contributed by atoms with E-state index < -0.39 is 16.8 Å². The van der Waals surface area contributed by atoms with E-state index in [0.717, 1.165) is 6.07 Å². The number of rotatable bonds is 4. The summed E-state index contributed by atoms with van der Waals surface area (Å²) in [6, 6.07) is 0.923. The Balaban J connectivity index is 3.09. The molecule has 0 unspecified atom stereocenters. The molecule has 0 N–H and O–H groups in total. The van der Waals surface area contributed by atoms with Crippen LogP contribution in [0.3, 0.4) is 0 Å². The number of carbonyl (C=O) groups excluding carboxylic acids is 1. The van der Waals surface area contributed by atoms with Gasteiger partial charge in [-0.25, -0.2) is 4.79 Å². The molecule has 0 saturated carbocycles. The van der Waals surface area contributed by atoms with Gasteiger partial charge in [0.2, 0.25) is 0 Å². The number of hydrogen-bond donors (Lipinski definition) is 0. The van der Waals surface area contributed by atoms with Crippen molar-refractivity contribution < 1.29 is 19.2 Å². The predicted octanol–water partition coefficient (Wildman–Crippen LogP) is 4.26. The third kappa shape index (κ3) is 3.73. The van der Waals surface area contributed by atoms with Gasteiger partial charge in [0.1, 0.15) is 16.7 Å². The largest absolute Gasteiger partial charge is 0.514 e. The summed E-state index contributed by atoms with van der Waals surface area (Å²) in [6.45, 7) is 3.26. The normalized spacial score (nSPS) is 9.84. The van der Waals surface area contributed by atoms with Crippen molar-refractivity contribution in [1.29, 1.82) is 0 Å². The second kappa shape index (κ2) is 6.60. The van der Waals surface area contributed by atoms with E-state index in [4.69, 9.17) is 39.5 Å². The number of hydrogen-bond acceptors (Lipinski definition) is 5. The number of benzene rings is 1. The van der Waals surface area contributed by atoms with Gasteiger partial charge in [0.15, 0.2) is 5.75 Å². The van der Waals surface area contributed by atoms with Gasteiger partial charge < -0.3 is 9.47 Å². The summed E-state index contributed by atoms with van der Waals surface area (Å²) in [6.07, 6.45) is 0.237. The molecule has 0 amide bonds. The Kier molecular flexibility index (Phi) is 5.41. The van der Waals surface area contributed by atoms with Gasteiger partial charge in [0.05, 0.1) is 9.95 Å². The number of ether oxygens (including phenoxy) is 2. The molecule has 0 aliphatic carbocycles. The van der Waals surface area contributed by atoms with Crippen molar-refractivity contribution in [2.75, 3.05) is 6.61 Å². The van der Waals surface area contributed by atoms with Gasteiger partial charge in [-0.1, -0.05) is 47.5 Å². The van der Waals surface area contributed by atoms with Crippen LogP contribution < -0.4 is 4.74 Å². The Hall–Kier alpha value is -1.50. The average molecular weight is 327 g/mol. The first kappa shape index (κ1) is 15.6. The molecule has 19 heavy (non-hydrogen) atoms. The molecule has 0 saturated heterocycles. The number of nitro groups is 1. The van der Waals surface area contributed by atoms with Crippen LogP contribution >= 0.6 is 34.8 Å². The molecule has 1 aromatic rings. The Labute approximate surface area is 122 Å². The maximum absolute atomic E-state index is 11.2. The minimum Gasteiger partial charge on any atom is -0.430 e. The zero-order chi connectivity index (χ0) is 14.6. The van der Waals surface area contributed by atoms with Crippen molar-refractivity contribution in [3.63, 3.8) is 0 Å². The van der Waals surface area contributed by atoms with Crippen molar-refractivity contribution in [1.82, 2.24) is 0 Å². The van der Waals surface area contributed by atoms with Crippen LogP contribution in [-0.2, 0) is 4.74 Å². The molecule has 0 atom stereocenters. The van der Waals surface area contributed by atoms with Crippen molar-refractivity contribution >= 4 is 46.6 Å². The van der Waals surface area contributed by atoms with Crippen LogP contribution in [0.1, 0.15) is 0 Å². The lowest BCUT2D eigenvalue weighted by Gasteiger charge is -2.09. The standard InChI is InChI=1S/C10H6Cl3NO5/c1-2-3-18-10(15)19-9-5(11)4-6(14(16)17)7(12)8(9)13/h2,4H,1,3H2. The summed E-state index contributed by atoms with van der Waals surface area (Å²) in [5, 5.41) is 9.69. The predicted molar refractivity (Wildman–Crippen MR) is 70.3 cm³/mol. The Morgan fingerprint density at radius 1 is 1.42 bits per heavy atom. The van der Waals surface area contributed by atoms with Gasteiger partial charge in [0.25, 0.3) is 5.69 Å². The highest BCUT2D eigenvalue weighted by molar-refractivity contribution is 6.46. The number of carbonyl (C=O) groups is 1. The van der Waals surface area contributed by atoms with Crippen LogP contribution in [0.15, 0.2) is 18.7 Å². The Morgan fingerprint density at radius 3 is 2.58 bits per heavy atom. The molecule has 1 rings (SSSR count).